The Kier molecular flexibility index (Phi) is 3.93. The van der Waals surface area contributed by atoms with Crippen LogP contribution in [0, 0.1) is 0 Å². The first-order valence-electron chi connectivity index (χ1n) is 6.72. The fourth-order valence-electron chi connectivity index (χ4n) is 2.29. The van der Waals surface area contributed by atoms with Crippen molar-refractivity contribution in [2.45, 2.75) is 45.4 Å². The number of hydrogen-bond donors (Lipinski definition) is 2. The van der Waals surface area contributed by atoms with Gasteiger partial charge in [-0.1, -0.05) is 18.2 Å². The summed E-state index contributed by atoms with van der Waals surface area (Å²) in [7, 11) is 0. The van der Waals surface area contributed by atoms with E-state index in [4.69, 9.17) is 0 Å². The zero-order chi connectivity index (χ0) is 13.2. The molecule has 0 spiro atoms. The van der Waals surface area contributed by atoms with Crippen LogP contribution in [0.5, 0.6) is 0 Å². The van der Waals surface area contributed by atoms with Crippen molar-refractivity contribution in [2.75, 3.05) is 18.0 Å². The van der Waals surface area contributed by atoms with Gasteiger partial charge in [0.15, 0.2) is 0 Å². The molecule has 1 aliphatic heterocycles. The second-order valence-electron chi connectivity index (χ2n) is 6.12. The minimum absolute atomic E-state index is 0.123. The molecule has 1 unspecified atom stereocenters. The number of aliphatic hydroxyl groups is 1. The van der Waals surface area contributed by atoms with Crippen LogP contribution in [0.25, 0.3) is 0 Å². The zero-order valence-electron chi connectivity index (χ0n) is 11.6. The molecule has 2 N–H and O–H groups in total. The van der Waals surface area contributed by atoms with Gasteiger partial charge in [0.2, 0.25) is 0 Å². The predicted octanol–water partition coefficient (Wildman–Crippen LogP) is 2.15. The molecule has 1 aliphatic rings. The summed E-state index contributed by atoms with van der Waals surface area (Å²) >= 11 is 0. The first-order chi connectivity index (χ1) is 8.46. The van der Waals surface area contributed by atoms with Gasteiger partial charge in [0.05, 0.1) is 6.10 Å². The third-order valence-electron chi connectivity index (χ3n) is 3.30. The molecule has 2 rings (SSSR count). The van der Waals surface area contributed by atoms with Crippen molar-refractivity contribution < 1.29 is 5.11 Å². The molecule has 0 radical (unpaired) electrons. The zero-order valence-corrected chi connectivity index (χ0v) is 11.6. The molecule has 1 atom stereocenters. The van der Waals surface area contributed by atoms with Crippen LogP contribution in [0.15, 0.2) is 24.3 Å². The van der Waals surface area contributed by atoms with Crippen LogP contribution >= 0.6 is 0 Å². The molecule has 0 aromatic heterocycles. The van der Waals surface area contributed by atoms with Gasteiger partial charge >= 0.3 is 0 Å². The van der Waals surface area contributed by atoms with Crippen LogP contribution in [0.1, 0.15) is 32.8 Å². The summed E-state index contributed by atoms with van der Waals surface area (Å²) in [5.41, 5.74) is 2.68. The van der Waals surface area contributed by atoms with E-state index in [1.54, 1.807) is 0 Å². The van der Waals surface area contributed by atoms with Crippen molar-refractivity contribution in [3.05, 3.63) is 29.8 Å². The monoisotopic (exact) mass is 248 g/mol. The van der Waals surface area contributed by atoms with Crippen LogP contribution in [-0.4, -0.2) is 29.8 Å². The van der Waals surface area contributed by atoms with Crippen molar-refractivity contribution >= 4 is 5.69 Å². The third-order valence-corrected chi connectivity index (χ3v) is 3.30. The standard InChI is InChI=1S/C15H24N2O/c1-15(2,3)16-10-12-6-4-5-7-14(12)17-9-8-13(18)11-17/h4-7,13,16,18H,8-11H2,1-3H3. The van der Waals surface area contributed by atoms with Crippen molar-refractivity contribution in [3.63, 3.8) is 0 Å². The predicted molar refractivity (Wildman–Crippen MR) is 75.9 cm³/mol. The molecular weight excluding hydrogens is 224 g/mol. The highest BCUT2D eigenvalue weighted by Crippen LogP contribution is 2.25. The van der Waals surface area contributed by atoms with Gasteiger partial charge in [0.1, 0.15) is 0 Å². The molecule has 1 heterocycles. The van der Waals surface area contributed by atoms with Gasteiger partial charge in [-0.3, -0.25) is 0 Å². The Morgan fingerprint density at radius 3 is 2.67 bits per heavy atom. The lowest BCUT2D eigenvalue weighted by atomic mass is 10.1. The van der Waals surface area contributed by atoms with E-state index in [1.165, 1.54) is 11.3 Å². The Labute approximate surface area is 110 Å². The van der Waals surface area contributed by atoms with E-state index in [-0.39, 0.29) is 11.6 Å². The van der Waals surface area contributed by atoms with E-state index in [0.717, 1.165) is 26.1 Å². The van der Waals surface area contributed by atoms with E-state index < -0.39 is 0 Å². The number of hydrogen-bond acceptors (Lipinski definition) is 3. The van der Waals surface area contributed by atoms with Gasteiger partial charge in [-0.25, -0.2) is 0 Å². The number of para-hydroxylation sites is 1. The summed E-state index contributed by atoms with van der Waals surface area (Å²) in [5.74, 6) is 0. The molecule has 1 aromatic carbocycles. The van der Waals surface area contributed by atoms with Crippen molar-refractivity contribution in [1.29, 1.82) is 0 Å². The van der Waals surface area contributed by atoms with Gasteiger partial charge in [-0.05, 0) is 38.8 Å². The van der Waals surface area contributed by atoms with E-state index >= 15 is 0 Å². The van der Waals surface area contributed by atoms with E-state index in [0.29, 0.717) is 0 Å². The number of anilines is 1. The van der Waals surface area contributed by atoms with Crippen LogP contribution in [0.2, 0.25) is 0 Å². The fraction of sp³-hybridized carbons (Fsp3) is 0.600. The normalized spacial score (nSPS) is 20.4. The van der Waals surface area contributed by atoms with Crippen molar-refractivity contribution in [2.24, 2.45) is 0 Å². The summed E-state index contributed by atoms with van der Waals surface area (Å²) in [4.78, 5) is 2.28. The van der Waals surface area contributed by atoms with Crippen LogP contribution in [-0.2, 0) is 6.54 Å². The summed E-state index contributed by atoms with van der Waals surface area (Å²) in [6.07, 6.45) is 0.703. The third kappa shape index (κ3) is 3.47. The highest BCUT2D eigenvalue weighted by Gasteiger charge is 2.22. The molecule has 18 heavy (non-hydrogen) atoms. The summed E-state index contributed by atoms with van der Waals surface area (Å²) in [5, 5.41) is 13.2. The average molecular weight is 248 g/mol. The largest absolute Gasteiger partial charge is 0.391 e. The van der Waals surface area contributed by atoms with Crippen molar-refractivity contribution in [1.82, 2.24) is 5.32 Å². The summed E-state index contributed by atoms with van der Waals surface area (Å²) in [6.45, 7) is 9.10. The molecule has 0 amide bonds. The smallest absolute Gasteiger partial charge is 0.0731 e. The fourth-order valence-corrected chi connectivity index (χ4v) is 2.29. The number of nitrogens with one attached hydrogen (secondary N) is 1. The number of rotatable bonds is 3. The van der Waals surface area contributed by atoms with Gasteiger partial charge < -0.3 is 15.3 Å². The van der Waals surface area contributed by atoms with Gasteiger partial charge in [0, 0.05) is 30.9 Å². The minimum atomic E-state index is -0.173. The Balaban J connectivity index is 2.10. The van der Waals surface area contributed by atoms with Gasteiger partial charge in [0.25, 0.3) is 0 Å². The Morgan fingerprint density at radius 1 is 1.33 bits per heavy atom. The molecule has 100 valence electrons. The van der Waals surface area contributed by atoms with Gasteiger partial charge in [-0.2, -0.15) is 0 Å². The topological polar surface area (TPSA) is 35.5 Å². The number of nitrogens with zero attached hydrogens (tertiary/aromatic N) is 1. The molecule has 0 bridgehead atoms. The molecule has 3 nitrogen and oxygen atoms in total. The molecular formula is C15H24N2O. The first kappa shape index (κ1) is 13.4. The Bertz CT molecular complexity index is 398. The van der Waals surface area contributed by atoms with Crippen LogP contribution in [0.4, 0.5) is 5.69 Å². The summed E-state index contributed by atoms with van der Waals surface area (Å²) < 4.78 is 0. The van der Waals surface area contributed by atoms with E-state index in [1.807, 2.05) is 0 Å². The van der Waals surface area contributed by atoms with Gasteiger partial charge in [-0.15, -0.1) is 0 Å². The molecule has 3 heteroatoms. The minimum Gasteiger partial charge on any atom is -0.391 e. The number of aliphatic hydroxyl groups excluding tert-OH is 1. The maximum Gasteiger partial charge on any atom is 0.0731 e. The Morgan fingerprint density at radius 2 is 2.06 bits per heavy atom. The lowest BCUT2D eigenvalue weighted by Gasteiger charge is -2.25. The number of β-amino-alcohol motifs (C(OH)–C–C–N with tert-alkyl or cyclic N) is 1. The molecule has 0 aliphatic carbocycles. The molecule has 1 fully saturated rings. The van der Waals surface area contributed by atoms with Crippen LogP contribution < -0.4 is 10.2 Å². The highest BCUT2D eigenvalue weighted by atomic mass is 16.3. The maximum absolute atomic E-state index is 9.65. The second kappa shape index (κ2) is 5.29. The molecule has 0 saturated carbocycles. The lowest BCUT2D eigenvalue weighted by Crippen LogP contribution is -2.35. The Hall–Kier alpha value is -1.06. The second-order valence-corrected chi connectivity index (χ2v) is 6.12. The van der Waals surface area contributed by atoms with E-state index in [2.05, 4.69) is 55.3 Å². The van der Waals surface area contributed by atoms with Crippen LogP contribution in [0.3, 0.4) is 0 Å². The van der Waals surface area contributed by atoms with Crippen molar-refractivity contribution in [3.8, 4) is 0 Å². The number of benzene rings is 1. The summed E-state index contributed by atoms with van der Waals surface area (Å²) in [6, 6.07) is 8.47. The molecule has 1 aromatic rings. The lowest BCUT2D eigenvalue weighted by molar-refractivity contribution is 0.198. The SMILES string of the molecule is CC(C)(C)NCc1ccccc1N1CCC(O)C1. The highest BCUT2D eigenvalue weighted by molar-refractivity contribution is 5.54. The quantitative estimate of drug-likeness (QED) is 0.860. The molecule has 1 saturated heterocycles. The first-order valence-corrected chi connectivity index (χ1v) is 6.72. The maximum atomic E-state index is 9.65. The van der Waals surface area contributed by atoms with E-state index in [9.17, 15) is 5.11 Å². The average Bonchev–Trinajstić information content (AvgIpc) is 2.72.